The second-order valence-electron chi connectivity index (χ2n) is 7.27. The van der Waals surface area contributed by atoms with Gasteiger partial charge in [0.1, 0.15) is 0 Å². The van der Waals surface area contributed by atoms with E-state index >= 15 is 0 Å². The SMILES string of the molecule is O=C(NO)c1cnc(NCc2ccc(C(=O)Nc3ccc(Cl)c(-c4ccccn4)c3)c(Cl)c2)nc1. The van der Waals surface area contributed by atoms with Gasteiger partial charge in [0, 0.05) is 36.4 Å². The summed E-state index contributed by atoms with van der Waals surface area (Å²) in [6.07, 6.45) is 4.22. The Morgan fingerprint density at radius 1 is 0.886 bits per heavy atom. The smallest absolute Gasteiger partial charge is 0.277 e. The molecular weight excluding hydrogens is 491 g/mol. The molecule has 4 rings (SSSR count). The highest BCUT2D eigenvalue weighted by molar-refractivity contribution is 6.35. The molecule has 2 aromatic heterocycles. The molecule has 35 heavy (non-hydrogen) atoms. The van der Waals surface area contributed by atoms with E-state index in [4.69, 9.17) is 28.4 Å². The van der Waals surface area contributed by atoms with Gasteiger partial charge < -0.3 is 10.6 Å². The van der Waals surface area contributed by atoms with Crippen LogP contribution in [0.2, 0.25) is 10.0 Å². The minimum atomic E-state index is -0.705. The molecule has 2 heterocycles. The second kappa shape index (κ2) is 10.9. The van der Waals surface area contributed by atoms with E-state index in [1.54, 1.807) is 42.6 Å². The van der Waals surface area contributed by atoms with E-state index in [1.807, 2.05) is 18.2 Å². The molecule has 2 aromatic carbocycles. The molecule has 0 aliphatic heterocycles. The van der Waals surface area contributed by atoms with Crippen LogP contribution >= 0.6 is 23.2 Å². The van der Waals surface area contributed by atoms with Crippen molar-refractivity contribution >= 4 is 46.7 Å². The average Bonchev–Trinajstić information content (AvgIpc) is 2.89. The van der Waals surface area contributed by atoms with Crippen LogP contribution in [0, 0.1) is 0 Å². The van der Waals surface area contributed by atoms with Gasteiger partial charge in [-0.05, 0) is 48.0 Å². The molecule has 0 aliphatic rings. The third kappa shape index (κ3) is 5.90. The number of amides is 2. The number of anilines is 2. The predicted molar refractivity (Wildman–Crippen MR) is 133 cm³/mol. The number of nitrogens with one attached hydrogen (secondary N) is 3. The third-order valence-electron chi connectivity index (χ3n) is 4.91. The summed E-state index contributed by atoms with van der Waals surface area (Å²) in [5, 5.41) is 15.3. The number of rotatable bonds is 7. The van der Waals surface area contributed by atoms with Crippen LogP contribution in [0.4, 0.5) is 11.6 Å². The molecule has 0 atom stereocenters. The van der Waals surface area contributed by atoms with Gasteiger partial charge in [-0.2, -0.15) is 0 Å². The number of pyridine rings is 1. The number of aromatic nitrogens is 3. The van der Waals surface area contributed by atoms with Crippen molar-refractivity contribution in [1.82, 2.24) is 20.4 Å². The van der Waals surface area contributed by atoms with E-state index in [-0.39, 0.29) is 22.4 Å². The van der Waals surface area contributed by atoms with Gasteiger partial charge in [0.15, 0.2) is 0 Å². The van der Waals surface area contributed by atoms with Gasteiger partial charge >= 0.3 is 0 Å². The molecule has 176 valence electrons. The zero-order chi connectivity index (χ0) is 24.8. The average molecular weight is 509 g/mol. The first-order chi connectivity index (χ1) is 16.9. The van der Waals surface area contributed by atoms with Crippen LogP contribution in [0.5, 0.6) is 0 Å². The zero-order valence-electron chi connectivity index (χ0n) is 18.0. The second-order valence-corrected chi connectivity index (χ2v) is 8.08. The van der Waals surface area contributed by atoms with E-state index in [9.17, 15) is 9.59 Å². The number of nitrogens with zero attached hydrogens (tertiary/aromatic N) is 3. The van der Waals surface area contributed by atoms with Crippen LogP contribution in [-0.4, -0.2) is 32.0 Å². The van der Waals surface area contributed by atoms with E-state index in [0.717, 1.165) is 5.56 Å². The fraction of sp³-hybridized carbons (Fsp3) is 0.0417. The predicted octanol–water partition coefficient (Wildman–Crippen LogP) is 4.83. The maximum atomic E-state index is 12.8. The highest BCUT2D eigenvalue weighted by Gasteiger charge is 2.13. The minimum Gasteiger partial charge on any atom is -0.350 e. The first-order valence-electron chi connectivity index (χ1n) is 10.3. The van der Waals surface area contributed by atoms with Crippen molar-refractivity contribution in [3.63, 3.8) is 0 Å². The Bertz CT molecular complexity index is 1370. The molecule has 0 saturated carbocycles. The molecule has 0 aliphatic carbocycles. The Hall–Kier alpha value is -4.05. The van der Waals surface area contributed by atoms with Crippen LogP contribution in [0.3, 0.4) is 0 Å². The molecule has 0 saturated heterocycles. The van der Waals surface area contributed by atoms with Crippen molar-refractivity contribution < 1.29 is 14.8 Å². The maximum Gasteiger partial charge on any atom is 0.277 e. The highest BCUT2D eigenvalue weighted by Crippen LogP contribution is 2.29. The standard InChI is InChI=1S/C24H18Cl2N6O3/c25-19-7-5-16(10-18(19)21-3-1-2-8-27-21)31-23(34)17-6-4-14(9-20(17)26)11-28-24-29-12-15(13-30-24)22(33)32-35/h1-10,12-13,35H,11H2,(H,31,34)(H,32,33)(H,28,29,30). The normalized spacial score (nSPS) is 10.5. The lowest BCUT2D eigenvalue weighted by Crippen LogP contribution is -2.19. The summed E-state index contributed by atoms with van der Waals surface area (Å²) in [7, 11) is 0. The molecule has 2 amide bonds. The monoisotopic (exact) mass is 508 g/mol. The van der Waals surface area contributed by atoms with E-state index < -0.39 is 5.91 Å². The Balaban J connectivity index is 1.42. The molecule has 9 nitrogen and oxygen atoms in total. The number of halogens is 2. The number of benzene rings is 2. The summed E-state index contributed by atoms with van der Waals surface area (Å²) in [4.78, 5) is 36.5. The summed E-state index contributed by atoms with van der Waals surface area (Å²) in [6.45, 7) is 0.331. The van der Waals surface area contributed by atoms with E-state index in [2.05, 4.69) is 25.6 Å². The van der Waals surface area contributed by atoms with Crippen molar-refractivity contribution in [3.05, 3.63) is 99.9 Å². The van der Waals surface area contributed by atoms with Gasteiger partial charge in [0.05, 0.1) is 26.9 Å². The molecule has 0 spiro atoms. The van der Waals surface area contributed by atoms with Gasteiger partial charge in [0.25, 0.3) is 11.8 Å². The number of hydroxylamine groups is 1. The van der Waals surface area contributed by atoms with Gasteiger partial charge in [-0.1, -0.05) is 35.3 Å². The molecule has 0 unspecified atom stereocenters. The summed E-state index contributed by atoms with van der Waals surface area (Å²) < 4.78 is 0. The Morgan fingerprint density at radius 3 is 2.37 bits per heavy atom. The zero-order valence-corrected chi connectivity index (χ0v) is 19.5. The van der Waals surface area contributed by atoms with Crippen LogP contribution in [0.1, 0.15) is 26.3 Å². The lowest BCUT2D eigenvalue weighted by atomic mass is 10.1. The van der Waals surface area contributed by atoms with Gasteiger partial charge in [-0.25, -0.2) is 15.4 Å². The van der Waals surface area contributed by atoms with Crippen LogP contribution in [-0.2, 0) is 6.54 Å². The topological polar surface area (TPSA) is 129 Å². The van der Waals surface area contributed by atoms with Crippen LogP contribution < -0.4 is 16.1 Å². The summed E-state index contributed by atoms with van der Waals surface area (Å²) in [5.74, 6) is -0.794. The van der Waals surface area contributed by atoms with Gasteiger partial charge in [0.2, 0.25) is 5.95 Å². The molecule has 0 bridgehead atoms. The van der Waals surface area contributed by atoms with Crippen molar-refractivity contribution in [2.24, 2.45) is 0 Å². The van der Waals surface area contributed by atoms with Crippen molar-refractivity contribution in [3.8, 4) is 11.3 Å². The number of carbonyl (C=O) groups is 2. The summed E-state index contributed by atoms with van der Waals surface area (Å²) >= 11 is 12.7. The van der Waals surface area contributed by atoms with Gasteiger partial charge in [-0.15, -0.1) is 0 Å². The van der Waals surface area contributed by atoms with Crippen LogP contribution in [0.15, 0.2) is 73.2 Å². The number of carbonyl (C=O) groups excluding carboxylic acids is 2. The maximum absolute atomic E-state index is 12.8. The fourth-order valence-corrected chi connectivity index (χ4v) is 3.66. The lowest BCUT2D eigenvalue weighted by Gasteiger charge is -2.11. The Kier molecular flexibility index (Phi) is 7.51. The first-order valence-corrected chi connectivity index (χ1v) is 11.0. The molecule has 11 heteroatoms. The first kappa shape index (κ1) is 24.1. The van der Waals surface area contributed by atoms with Crippen LogP contribution in [0.25, 0.3) is 11.3 Å². The molecule has 4 aromatic rings. The minimum absolute atomic E-state index is 0.115. The summed E-state index contributed by atoms with van der Waals surface area (Å²) in [5.41, 5.74) is 4.67. The van der Waals surface area contributed by atoms with E-state index in [0.29, 0.717) is 34.1 Å². The van der Waals surface area contributed by atoms with Crippen molar-refractivity contribution in [2.75, 3.05) is 10.6 Å². The third-order valence-corrected chi connectivity index (χ3v) is 5.55. The summed E-state index contributed by atoms with van der Waals surface area (Å²) in [6, 6.07) is 15.7. The molecular formula is C24H18Cl2N6O3. The van der Waals surface area contributed by atoms with Crippen molar-refractivity contribution in [1.29, 1.82) is 0 Å². The molecule has 0 radical (unpaired) electrons. The number of hydrogen-bond donors (Lipinski definition) is 4. The molecule has 0 fully saturated rings. The highest BCUT2D eigenvalue weighted by atomic mass is 35.5. The number of hydrogen-bond acceptors (Lipinski definition) is 7. The van der Waals surface area contributed by atoms with Crippen molar-refractivity contribution in [2.45, 2.75) is 6.54 Å². The fourth-order valence-electron chi connectivity index (χ4n) is 3.15. The Morgan fingerprint density at radius 2 is 1.69 bits per heavy atom. The largest absolute Gasteiger partial charge is 0.350 e. The van der Waals surface area contributed by atoms with E-state index in [1.165, 1.54) is 17.9 Å². The lowest BCUT2D eigenvalue weighted by molar-refractivity contribution is 0.0705. The van der Waals surface area contributed by atoms with Gasteiger partial charge in [-0.3, -0.25) is 19.8 Å². The Labute approximate surface area is 210 Å². The molecule has 4 N–H and O–H groups in total. The quantitative estimate of drug-likeness (QED) is 0.208.